The van der Waals surface area contributed by atoms with Crippen molar-refractivity contribution in [2.24, 2.45) is 0 Å². The zero-order valence-corrected chi connectivity index (χ0v) is 44.6. The van der Waals surface area contributed by atoms with Gasteiger partial charge in [0, 0.05) is 6.42 Å². The van der Waals surface area contributed by atoms with E-state index in [1.54, 1.807) is 0 Å². The van der Waals surface area contributed by atoms with Crippen LogP contribution in [0, 0.1) is 0 Å². The fraction of sp³-hybridized carbons (Fsp3) is 0.915. The fourth-order valence-electron chi connectivity index (χ4n) is 9.61. The Morgan fingerprint density at radius 2 is 0.868 bits per heavy atom. The molecule has 1 amide bonds. The summed E-state index contributed by atoms with van der Waals surface area (Å²) in [6, 6.07) is -0.718. The quantitative estimate of drug-likeness (QED) is 0.0261. The van der Waals surface area contributed by atoms with Crippen molar-refractivity contribution in [3.8, 4) is 0 Å². The minimum Gasteiger partial charge on any atom is -0.394 e. The van der Waals surface area contributed by atoms with Crippen molar-refractivity contribution in [1.29, 1.82) is 0 Å². The van der Waals surface area contributed by atoms with Crippen LogP contribution in [-0.4, -0.2) is 87.5 Å². The average Bonchev–Trinajstić information content (AvgIpc) is 3.34. The predicted molar refractivity (Wildman–Crippen MR) is 286 cm³/mol. The molecule has 9 heteroatoms. The first-order valence-corrected chi connectivity index (χ1v) is 29.5. The van der Waals surface area contributed by atoms with Gasteiger partial charge in [0.15, 0.2) is 6.29 Å². The maximum atomic E-state index is 13.1. The number of aliphatic hydroxyl groups is 5. The highest BCUT2D eigenvalue weighted by atomic mass is 16.7. The molecule has 0 aromatic carbocycles. The number of allylic oxidation sites excluding steroid dienone is 4. The number of hydrogen-bond acceptors (Lipinski definition) is 8. The van der Waals surface area contributed by atoms with E-state index >= 15 is 0 Å². The third-order valence-electron chi connectivity index (χ3n) is 14.3. The first-order valence-electron chi connectivity index (χ1n) is 29.5. The molecule has 1 aliphatic rings. The molecular formula is C59H113NO8. The van der Waals surface area contributed by atoms with Crippen molar-refractivity contribution >= 4 is 5.91 Å². The smallest absolute Gasteiger partial charge is 0.220 e. The molecule has 7 unspecified atom stereocenters. The number of amides is 1. The van der Waals surface area contributed by atoms with Crippen molar-refractivity contribution in [3.05, 3.63) is 24.3 Å². The summed E-state index contributed by atoms with van der Waals surface area (Å²) >= 11 is 0. The van der Waals surface area contributed by atoms with Crippen LogP contribution in [-0.2, 0) is 14.3 Å². The van der Waals surface area contributed by atoms with Crippen LogP contribution in [0.2, 0.25) is 0 Å². The van der Waals surface area contributed by atoms with Gasteiger partial charge in [-0.1, -0.05) is 263 Å². The largest absolute Gasteiger partial charge is 0.394 e. The molecule has 7 atom stereocenters. The lowest BCUT2D eigenvalue weighted by Crippen LogP contribution is -2.60. The molecule has 9 nitrogen and oxygen atoms in total. The molecule has 1 rings (SSSR count). The first kappa shape index (κ1) is 64.7. The molecule has 0 spiro atoms. The highest BCUT2D eigenvalue weighted by Gasteiger charge is 2.44. The number of rotatable bonds is 51. The van der Waals surface area contributed by atoms with Gasteiger partial charge in [0.25, 0.3) is 0 Å². The lowest BCUT2D eigenvalue weighted by atomic mass is 9.99. The van der Waals surface area contributed by atoms with E-state index in [1.165, 1.54) is 218 Å². The van der Waals surface area contributed by atoms with E-state index in [2.05, 4.69) is 43.5 Å². The molecule has 0 aliphatic carbocycles. The first-order chi connectivity index (χ1) is 33.3. The highest BCUT2D eigenvalue weighted by molar-refractivity contribution is 5.76. The van der Waals surface area contributed by atoms with Gasteiger partial charge in [-0.3, -0.25) is 4.79 Å². The normalized spacial score (nSPS) is 19.7. The molecule has 6 N–H and O–H groups in total. The van der Waals surface area contributed by atoms with Gasteiger partial charge in [0.1, 0.15) is 24.4 Å². The van der Waals surface area contributed by atoms with Crippen molar-refractivity contribution < 1.29 is 39.8 Å². The van der Waals surface area contributed by atoms with E-state index in [0.717, 1.165) is 44.9 Å². The van der Waals surface area contributed by atoms with Gasteiger partial charge in [-0.25, -0.2) is 0 Å². The van der Waals surface area contributed by atoms with Gasteiger partial charge in [-0.2, -0.15) is 0 Å². The standard InChI is InChI=1S/C59H113NO8/c1-3-5-7-9-11-13-15-17-19-21-22-23-24-25-26-27-28-29-30-31-32-33-35-37-39-41-43-45-47-49-55(63)60-52(51-67-59-58(66)57(65)56(64)54(50-61)68-59)53(62)48-46-44-42-40-38-36-34-20-18-16-14-12-10-8-6-4-2/h22-23,25-26,52-54,56-59,61-62,64-66H,3-21,24,27-51H2,1-2H3,(H,60,63)/b23-22-,26-25-. The topological polar surface area (TPSA) is 149 Å². The Morgan fingerprint density at radius 1 is 0.500 bits per heavy atom. The summed E-state index contributed by atoms with van der Waals surface area (Å²) in [5.74, 6) is -0.141. The molecule has 1 fully saturated rings. The summed E-state index contributed by atoms with van der Waals surface area (Å²) in [5, 5.41) is 54.7. The summed E-state index contributed by atoms with van der Waals surface area (Å²) in [6.45, 7) is 3.87. The average molecular weight is 965 g/mol. The van der Waals surface area contributed by atoms with E-state index in [4.69, 9.17) is 9.47 Å². The van der Waals surface area contributed by atoms with Crippen LogP contribution in [0.1, 0.15) is 290 Å². The number of carbonyl (C=O) groups excluding carboxylic acids is 1. The molecule has 68 heavy (non-hydrogen) atoms. The third-order valence-corrected chi connectivity index (χ3v) is 14.3. The molecule has 1 heterocycles. The van der Waals surface area contributed by atoms with Gasteiger partial charge in [0.2, 0.25) is 5.91 Å². The summed E-state index contributed by atoms with van der Waals surface area (Å²) in [5.41, 5.74) is 0. The third kappa shape index (κ3) is 38.4. The number of hydrogen-bond donors (Lipinski definition) is 6. The molecular weight excluding hydrogens is 851 g/mol. The van der Waals surface area contributed by atoms with Crippen LogP contribution in [0.25, 0.3) is 0 Å². The zero-order chi connectivity index (χ0) is 49.4. The maximum Gasteiger partial charge on any atom is 0.220 e. The van der Waals surface area contributed by atoms with Crippen LogP contribution >= 0.6 is 0 Å². The predicted octanol–water partition coefficient (Wildman–Crippen LogP) is 14.6. The van der Waals surface area contributed by atoms with Gasteiger partial charge >= 0.3 is 0 Å². The van der Waals surface area contributed by atoms with Crippen molar-refractivity contribution in [2.45, 2.75) is 333 Å². The molecule has 402 valence electrons. The Morgan fingerprint density at radius 3 is 1.26 bits per heavy atom. The van der Waals surface area contributed by atoms with Crippen molar-refractivity contribution in [2.75, 3.05) is 13.2 Å². The second-order valence-electron chi connectivity index (χ2n) is 20.8. The van der Waals surface area contributed by atoms with E-state index in [9.17, 15) is 30.3 Å². The molecule has 1 aliphatic heterocycles. The molecule has 0 radical (unpaired) electrons. The molecule has 0 bridgehead atoms. The second kappa shape index (κ2) is 49.3. The Hall–Kier alpha value is -1.33. The summed E-state index contributed by atoms with van der Waals surface area (Å²) in [7, 11) is 0. The van der Waals surface area contributed by atoms with Crippen LogP contribution in [0.3, 0.4) is 0 Å². The molecule has 0 aromatic rings. The number of aliphatic hydroxyl groups excluding tert-OH is 5. The van der Waals surface area contributed by atoms with E-state index < -0.39 is 49.5 Å². The number of nitrogens with one attached hydrogen (secondary N) is 1. The summed E-state index contributed by atoms with van der Waals surface area (Å²) < 4.78 is 11.3. The molecule has 1 saturated heterocycles. The maximum absolute atomic E-state index is 13.1. The molecule has 0 aromatic heterocycles. The Bertz CT molecular complexity index is 1120. The van der Waals surface area contributed by atoms with E-state index in [1.807, 2.05) is 0 Å². The van der Waals surface area contributed by atoms with Crippen LogP contribution < -0.4 is 5.32 Å². The number of unbranched alkanes of at least 4 members (excludes halogenated alkanes) is 37. The van der Waals surface area contributed by atoms with Crippen molar-refractivity contribution in [3.63, 3.8) is 0 Å². The zero-order valence-electron chi connectivity index (χ0n) is 44.6. The lowest BCUT2D eigenvalue weighted by molar-refractivity contribution is -0.302. The minimum absolute atomic E-state index is 0.135. The Balaban J connectivity index is 2.16. The van der Waals surface area contributed by atoms with E-state index in [0.29, 0.717) is 12.8 Å². The highest BCUT2D eigenvalue weighted by Crippen LogP contribution is 2.23. The SMILES string of the molecule is CCCCCCCCCCC/C=C\C/C=C\CCCCCCCCCCCCCCCC(=O)NC(COC1OC(CO)C(O)C(O)C1O)C(O)CCCCCCCCCCCCCCCCCC. The fourth-order valence-corrected chi connectivity index (χ4v) is 9.61. The second-order valence-corrected chi connectivity index (χ2v) is 20.8. The number of carbonyl (C=O) groups is 1. The Kier molecular flexibility index (Phi) is 46.9. The van der Waals surface area contributed by atoms with Gasteiger partial charge in [-0.15, -0.1) is 0 Å². The summed E-state index contributed by atoms with van der Waals surface area (Å²) in [6.07, 6.45) is 55.0. The van der Waals surface area contributed by atoms with Crippen molar-refractivity contribution in [1.82, 2.24) is 5.32 Å². The monoisotopic (exact) mass is 964 g/mol. The molecule has 0 saturated carbocycles. The van der Waals surface area contributed by atoms with Crippen LogP contribution in [0.15, 0.2) is 24.3 Å². The Labute approximate surface area is 419 Å². The van der Waals surface area contributed by atoms with Crippen LogP contribution in [0.4, 0.5) is 0 Å². The number of ether oxygens (including phenoxy) is 2. The minimum atomic E-state index is -1.55. The van der Waals surface area contributed by atoms with Crippen LogP contribution in [0.5, 0.6) is 0 Å². The van der Waals surface area contributed by atoms with E-state index in [-0.39, 0.29) is 12.5 Å². The van der Waals surface area contributed by atoms with Gasteiger partial charge < -0.3 is 40.3 Å². The summed E-state index contributed by atoms with van der Waals surface area (Å²) in [4.78, 5) is 13.1. The lowest BCUT2D eigenvalue weighted by Gasteiger charge is -2.40. The van der Waals surface area contributed by atoms with Gasteiger partial charge in [-0.05, 0) is 44.9 Å². The van der Waals surface area contributed by atoms with Gasteiger partial charge in [0.05, 0.1) is 25.4 Å².